The molecule has 0 fully saturated rings. The summed E-state index contributed by atoms with van der Waals surface area (Å²) in [6, 6.07) is 0. The van der Waals surface area contributed by atoms with Gasteiger partial charge in [-0.3, -0.25) is 0 Å². The topological polar surface area (TPSA) is 74.5 Å². The van der Waals surface area contributed by atoms with Crippen LogP contribution >= 0.6 is 0 Å². The monoisotopic (exact) mass is 260 g/mol. The van der Waals surface area contributed by atoms with Gasteiger partial charge < -0.3 is 10.1 Å². The SMILES string of the molecule is C=C(C)C(=O)OC[N-]CS(=O)(=O)C(F)(F)F. The fourth-order valence-electron chi connectivity index (χ4n) is 0.458. The second-order valence-electron chi connectivity index (χ2n) is 2.75. The fraction of sp³-hybridized carbons (Fsp3) is 0.571. The number of halogens is 3. The normalized spacial score (nSPS) is 12.2. The van der Waals surface area contributed by atoms with E-state index in [0.29, 0.717) is 0 Å². The number of sulfone groups is 1. The van der Waals surface area contributed by atoms with Crippen molar-refractivity contribution in [2.24, 2.45) is 0 Å². The molecule has 0 aromatic rings. The first-order chi connectivity index (χ1) is 7.08. The maximum absolute atomic E-state index is 11.8. The lowest BCUT2D eigenvalue weighted by Gasteiger charge is -2.19. The highest BCUT2D eigenvalue weighted by Gasteiger charge is 2.42. The first-order valence-corrected chi connectivity index (χ1v) is 5.48. The van der Waals surface area contributed by atoms with Gasteiger partial charge in [0.25, 0.3) is 0 Å². The smallest absolute Gasteiger partial charge is 0.495 e. The van der Waals surface area contributed by atoms with E-state index in [-0.39, 0.29) is 5.57 Å². The van der Waals surface area contributed by atoms with E-state index in [1.807, 2.05) is 0 Å². The van der Waals surface area contributed by atoms with Gasteiger partial charge in [0.2, 0.25) is 9.84 Å². The van der Waals surface area contributed by atoms with Gasteiger partial charge in [-0.25, -0.2) is 13.2 Å². The Labute approximate surface area is 90.2 Å². The molecule has 0 saturated heterocycles. The molecular weight excluding hydrogens is 251 g/mol. The van der Waals surface area contributed by atoms with Gasteiger partial charge >= 0.3 is 11.5 Å². The van der Waals surface area contributed by atoms with Gasteiger partial charge in [0.1, 0.15) is 0 Å². The molecule has 0 unspecified atom stereocenters. The number of ether oxygens (including phenoxy) is 1. The molecule has 0 atom stereocenters. The molecule has 0 aromatic heterocycles. The second-order valence-corrected chi connectivity index (χ2v) is 4.71. The van der Waals surface area contributed by atoms with E-state index in [1.54, 1.807) is 0 Å². The maximum Gasteiger partial charge on any atom is 0.495 e. The molecule has 0 N–H and O–H groups in total. The third kappa shape index (κ3) is 4.62. The minimum absolute atomic E-state index is 0.0360. The predicted octanol–water partition coefficient (Wildman–Crippen LogP) is 1.33. The van der Waals surface area contributed by atoms with Crippen LogP contribution in [-0.2, 0) is 19.4 Å². The molecular formula is C7H9F3NO4S-. The summed E-state index contributed by atoms with van der Waals surface area (Å²) >= 11 is 0. The third-order valence-corrected chi connectivity index (χ3v) is 2.48. The Kier molecular flexibility index (Phi) is 4.94. The third-order valence-electron chi connectivity index (χ3n) is 1.25. The Balaban J connectivity index is 4.02. The van der Waals surface area contributed by atoms with Crippen LogP contribution < -0.4 is 0 Å². The highest BCUT2D eigenvalue weighted by atomic mass is 32.2. The minimum atomic E-state index is -5.35. The van der Waals surface area contributed by atoms with Crippen molar-refractivity contribution in [1.82, 2.24) is 0 Å². The molecule has 0 aliphatic carbocycles. The molecule has 0 spiro atoms. The molecule has 0 aliphatic rings. The zero-order valence-corrected chi connectivity index (χ0v) is 9.06. The molecule has 0 aromatic carbocycles. The van der Waals surface area contributed by atoms with Crippen LogP contribution in [-0.4, -0.2) is 32.5 Å². The van der Waals surface area contributed by atoms with E-state index in [9.17, 15) is 26.4 Å². The maximum atomic E-state index is 11.8. The van der Waals surface area contributed by atoms with Crippen LogP contribution in [0.15, 0.2) is 12.2 Å². The molecule has 0 aliphatic heterocycles. The highest BCUT2D eigenvalue weighted by Crippen LogP contribution is 2.24. The van der Waals surface area contributed by atoms with E-state index >= 15 is 0 Å². The van der Waals surface area contributed by atoms with Gasteiger partial charge in [0, 0.05) is 12.3 Å². The Morgan fingerprint density at radius 1 is 1.44 bits per heavy atom. The van der Waals surface area contributed by atoms with E-state index in [1.165, 1.54) is 6.92 Å². The molecule has 0 amide bonds. The number of hydrogen-bond donors (Lipinski definition) is 0. The summed E-state index contributed by atoms with van der Waals surface area (Å²) in [6.45, 7) is 3.77. The van der Waals surface area contributed by atoms with Crippen molar-refractivity contribution >= 4 is 15.8 Å². The highest BCUT2D eigenvalue weighted by molar-refractivity contribution is 7.92. The largest absolute Gasteiger partial charge is 0.616 e. The van der Waals surface area contributed by atoms with Crippen LogP contribution in [0.2, 0.25) is 0 Å². The number of carbonyl (C=O) groups excluding carboxylic acids is 1. The van der Waals surface area contributed by atoms with E-state index < -0.39 is 33.9 Å². The average molecular weight is 260 g/mol. The zero-order valence-electron chi connectivity index (χ0n) is 8.24. The zero-order chi connectivity index (χ0) is 13.0. The number of rotatable bonds is 5. The van der Waals surface area contributed by atoms with Gasteiger partial charge in [-0.05, 0) is 12.8 Å². The van der Waals surface area contributed by atoms with Crippen LogP contribution in [0.1, 0.15) is 6.92 Å². The number of carbonyl (C=O) groups is 1. The predicted molar refractivity (Wildman–Crippen MR) is 49.0 cm³/mol. The van der Waals surface area contributed by atoms with Gasteiger partial charge in [0.15, 0.2) is 0 Å². The van der Waals surface area contributed by atoms with Crippen LogP contribution in [0.3, 0.4) is 0 Å². The van der Waals surface area contributed by atoms with Crippen LogP contribution in [0.5, 0.6) is 0 Å². The summed E-state index contributed by atoms with van der Waals surface area (Å²) in [7, 11) is -5.30. The Morgan fingerprint density at radius 2 is 1.94 bits per heavy atom. The summed E-state index contributed by atoms with van der Waals surface area (Å²) in [5.74, 6) is -2.33. The molecule has 9 heteroatoms. The van der Waals surface area contributed by atoms with Crippen molar-refractivity contribution in [3.63, 3.8) is 0 Å². The van der Waals surface area contributed by atoms with Gasteiger partial charge in [0.05, 0.1) is 0 Å². The number of alkyl halides is 3. The van der Waals surface area contributed by atoms with Crippen molar-refractivity contribution < 1.29 is 31.1 Å². The molecule has 0 heterocycles. The molecule has 0 bridgehead atoms. The first kappa shape index (κ1) is 14.9. The standard InChI is InChI=1S/C7H9F3NO4S/c1-5(2)6(12)15-3-11-4-16(13,14)7(8,9)10/h1,3-4H2,2H3/q-1. The van der Waals surface area contributed by atoms with E-state index in [2.05, 4.69) is 16.6 Å². The summed E-state index contributed by atoms with van der Waals surface area (Å²) < 4.78 is 60.5. The Bertz CT molecular complexity index is 374. The number of hydrogen-bond acceptors (Lipinski definition) is 4. The van der Waals surface area contributed by atoms with Gasteiger partial charge in [-0.2, -0.15) is 13.2 Å². The van der Waals surface area contributed by atoms with Crippen molar-refractivity contribution in [2.45, 2.75) is 12.4 Å². The summed E-state index contributed by atoms with van der Waals surface area (Å²) in [5.41, 5.74) is -5.32. The van der Waals surface area contributed by atoms with Crippen LogP contribution in [0, 0.1) is 0 Å². The molecule has 94 valence electrons. The molecule has 0 radical (unpaired) electrons. The quantitative estimate of drug-likeness (QED) is 0.424. The number of esters is 1. The van der Waals surface area contributed by atoms with Crippen molar-refractivity contribution in [1.29, 1.82) is 0 Å². The lowest BCUT2D eigenvalue weighted by atomic mass is 10.4. The lowest BCUT2D eigenvalue weighted by Crippen LogP contribution is -2.26. The first-order valence-electron chi connectivity index (χ1n) is 3.83. The molecule has 5 nitrogen and oxygen atoms in total. The average Bonchev–Trinajstić information content (AvgIpc) is 2.09. The van der Waals surface area contributed by atoms with E-state index in [4.69, 9.17) is 0 Å². The van der Waals surface area contributed by atoms with Crippen LogP contribution in [0.25, 0.3) is 5.32 Å². The summed E-state index contributed by atoms with van der Waals surface area (Å²) in [5, 5.41) is 2.94. The van der Waals surface area contributed by atoms with Crippen molar-refractivity contribution in [3.05, 3.63) is 17.5 Å². The second kappa shape index (κ2) is 5.30. The van der Waals surface area contributed by atoms with Gasteiger partial charge in [-0.1, -0.05) is 6.58 Å². The van der Waals surface area contributed by atoms with Crippen molar-refractivity contribution in [2.75, 3.05) is 12.6 Å². The summed E-state index contributed by atoms with van der Waals surface area (Å²) in [6.07, 6.45) is 0. The fourth-order valence-corrected chi connectivity index (χ4v) is 0.919. The molecule has 16 heavy (non-hydrogen) atoms. The Morgan fingerprint density at radius 3 is 2.31 bits per heavy atom. The minimum Gasteiger partial charge on any atom is -0.616 e. The lowest BCUT2D eigenvalue weighted by molar-refractivity contribution is -0.137. The summed E-state index contributed by atoms with van der Waals surface area (Å²) in [4.78, 5) is 10.7. The van der Waals surface area contributed by atoms with Crippen LogP contribution in [0.4, 0.5) is 13.2 Å². The van der Waals surface area contributed by atoms with Crippen molar-refractivity contribution in [3.8, 4) is 0 Å². The van der Waals surface area contributed by atoms with E-state index in [0.717, 1.165) is 0 Å². The number of nitrogens with zero attached hydrogens (tertiary/aromatic N) is 1. The Hall–Kier alpha value is -1.09. The van der Waals surface area contributed by atoms with Gasteiger partial charge in [-0.15, -0.1) is 0 Å². The molecule has 0 rings (SSSR count). The molecule has 0 saturated carbocycles.